The van der Waals surface area contributed by atoms with Gasteiger partial charge in [0.25, 0.3) is 0 Å². The third-order valence-electron chi connectivity index (χ3n) is 4.05. The first-order valence-electron chi connectivity index (χ1n) is 6.86. The first kappa shape index (κ1) is 13.1. The standard InChI is InChI=1S/C18H14BrNS/c1-11-3-4-13-9-20(12(2)15(13)7-11)14-5-6-18-16(8-14)17(19)10-21-18/h3-8,10H,2,9H2,1H3. The van der Waals surface area contributed by atoms with Crippen LogP contribution in [0.2, 0.25) is 0 Å². The minimum atomic E-state index is 0.904. The molecular formula is C18H14BrNS. The van der Waals surface area contributed by atoms with E-state index in [0.717, 1.165) is 12.2 Å². The fourth-order valence-corrected chi connectivity index (χ4v) is 4.45. The van der Waals surface area contributed by atoms with E-state index in [4.69, 9.17) is 0 Å². The Hall–Kier alpha value is -1.58. The van der Waals surface area contributed by atoms with Gasteiger partial charge in [-0.05, 0) is 52.7 Å². The van der Waals surface area contributed by atoms with E-state index in [1.54, 1.807) is 11.3 Å². The number of thiophene rings is 1. The zero-order valence-corrected chi connectivity index (χ0v) is 14.1. The van der Waals surface area contributed by atoms with E-state index in [9.17, 15) is 0 Å². The van der Waals surface area contributed by atoms with Crippen LogP contribution in [0, 0.1) is 6.92 Å². The molecule has 0 amide bonds. The molecule has 0 unspecified atom stereocenters. The summed E-state index contributed by atoms with van der Waals surface area (Å²) in [5.74, 6) is 0. The van der Waals surface area contributed by atoms with Gasteiger partial charge in [0, 0.05) is 43.4 Å². The molecule has 1 aliphatic rings. The fraction of sp³-hybridized carbons (Fsp3) is 0.111. The Balaban J connectivity index is 1.80. The number of benzene rings is 2. The zero-order valence-electron chi connectivity index (χ0n) is 11.7. The Bertz CT molecular complexity index is 878. The monoisotopic (exact) mass is 355 g/mol. The highest BCUT2D eigenvalue weighted by Gasteiger charge is 2.23. The molecule has 0 saturated heterocycles. The molecule has 2 aromatic carbocycles. The number of aryl methyl sites for hydroxylation is 1. The molecule has 0 fully saturated rings. The minimum Gasteiger partial charge on any atom is -0.337 e. The van der Waals surface area contributed by atoms with Crippen molar-refractivity contribution in [3.05, 3.63) is 69.5 Å². The van der Waals surface area contributed by atoms with Crippen molar-refractivity contribution >= 4 is 48.7 Å². The van der Waals surface area contributed by atoms with Gasteiger partial charge in [-0.3, -0.25) is 0 Å². The van der Waals surface area contributed by atoms with Crippen molar-refractivity contribution in [3.8, 4) is 0 Å². The Morgan fingerprint density at radius 2 is 2.05 bits per heavy atom. The number of fused-ring (bicyclic) bond motifs is 2. The van der Waals surface area contributed by atoms with Crippen LogP contribution in [0.25, 0.3) is 15.8 Å². The molecule has 0 spiro atoms. The van der Waals surface area contributed by atoms with Gasteiger partial charge < -0.3 is 4.90 Å². The number of anilines is 1. The second-order valence-corrected chi connectivity index (χ2v) is 7.22. The van der Waals surface area contributed by atoms with E-state index < -0.39 is 0 Å². The Labute approximate surface area is 136 Å². The lowest BCUT2D eigenvalue weighted by molar-refractivity contribution is 1.04. The average molecular weight is 356 g/mol. The van der Waals surface area contributed by atoms with E-state index in [1.807, 2.05) is 0 Å². The van der Waals surface area contributed by atoms with Crippen LogP contribution < -0.4 is 4.90 Å². The predicted molar refractivity (Wildman–Crippen MR) is 95.9 cm³/mol. The molecule has 2 heterocycles. The molecule has 104 valence electrons. The maximum Gasteiger partial charge on any atom is 0.0488 e. The third-order valence-corrected chi connectivity index (χ3v) is 5.97. The summed E-state index contributed by atoms with van der Waals surface area (Å²) in [5.41, 5.74) is 6.22. The number of rotatable bonds is 1. The van der Waals surface area contributed by atoms with Crippen molar-refractivity contribution in [2.45, 2.75) is 13.5 Å². The first-order chi connectivity index (χ1) is 10.1. The van der Waals surface area contributed by atoms with Gasteiger partial charge in [0.2, 0.25) is 0 Å². The summed E-state index contributed by atoms with van der Waals surface area (Å²) in [6, 6.07) is 13.3. The van der Waals surface area contributed by atoms with Crippen molar-refractivity contribution in [3.63, 3.8) is 0 Å². The highest BCUT2D eigenvalue weighted by Crippen LogP contribution is 2.39. The minimum absolute atomic E-state index is 0.904. The molecule has 0 aliphatic carbocycles. The summed E-state index contributed by atoms with van der Waals surface area (Å²) in [6.07, 6.45) is 0. The van der Waals surface area contributed by atoms with Gasteiger partial charge in [0.15, 0.2) is 0 Å². The summed E-state index contributed by atoms with van der Waals surface area (Å²) >= 11 is 5.40. The van der Waals surface area contributed by atoms with Crippen LogP contribution in [0.5, 0.6) is 0 Å². The summed E-state index contributed by atoms with van der Waals surface area (Å²) in [6.45, 7) is 7.34. The maximum atomic E-state index is 4.30. The molecule has 0 N–H and O–H groups in total. The van der Waals surface area contributed by atoms with Crippen LogP contribution in [0.15, 0.2) is 52.8 Å². The van der Waals surface area contributed by atoms with Crippen LogP contribution in [0.1, 0.15) is 16.7 Å². The highest BCUT2D eigenvalue weighted by molar-refractivity contribution is 9.10. The summed E-state index contributed by atoms with van der Waals surface area (Å²) in [4.78, 5) is 2.30. The van der Waals surface area contributed by atoms with Gasteiger partial charge in [-0.15, -0.1) is 11.3 Å². The Morgan fingerprint density at radius 3 is 2.90 bits per heavy atom. The van der Waals surface area contributed by atoms with Gasteiger partial charge in [-0.25, -0.2) is 0 Å². The van der Waals surface area contributed by atoms with Crippen LogP contribution in [-0.2, 0) is 6.54 Å². The molecule has 1 aliphatic heterocycles. The Morgan fingerprint density at radius 1 is 1.19 bits per heavy atom. The summed E-state index contributed by atoms with van der Waals surface area (Å²) in [5, 5.41) is 3.42. The number of nitrogens with zero attached hydrogens (tertiary/aromatic N) is 1. The van der Waals surface area contributed by atoms with Crippen molar-refractivity contribution in [1.29, 1.82) is 0 Å². The lowest BCUT2D eigenvalue weighted by Crippen LogP contribution is -2.12. The van der Waals surface area contributed by atoms with Crippen LogP contribution in [-0.4, -0.2) is 0 Å². The van der Waals surface area contributed by atoms with Crippen molar-refractivity contribution in [2.24, 2.45) is 0 Å². The van der Waals surface area contributed by atoms with E-state index in [2.05, 4.69) is 76.1 Å². The number of hydrogen-bond donors (Lipinski definition) is 0. The number of halogens is 1. The molecule has 1 nitrogen and oxygen atoms in total. The highest BCUT2D eigenvalue weighted by atomic mass is 79.9. The molecule has 3 heteroatoms. The molecule has 0 bridgehead atoms. The lowest BCUT2D eigenvalue weighted by Gasteiger charge is -2.19. The SMILES string of the molecule is C=C1c2cc(C)ccc2CN1c1ccc2scc(Br)c2c1. The Kier molecular flexibility index (Phi) is 2.95. The van der Waals surface area contributed by atoms with Crippen LogP contribution in [0.4, 0.5) is 5.69 Å². The quantitative estimate of drug-likeness (QED) is 0.520. The normalized spacial score (nSPS) is 14.0. The molecule has 0 atom stereocenters. The summed E-state index contributed by atoms with van der Waals surface area (Å²) in [7, 11) is 0. The first-order valence-corrected chi connectivity index (χ1v) is 8.54. The van der Waals surface area contributed by atoms with Gasteiger partial charge in [-0.1, -0.05) is 24.3 Å². The molecule has 1 aromatic heterocycles. The van der Waals surface area contributed by atoms with Gasteiger partial charge in [-0.2, -0.15) is 0 Å². The van der Waals surface area contributed by atoms with Crippen LogP contribution in [0.3, 0.4) is 0 Å². The molecule has 0 radical (unpaired) electrons. The zero-order chi connectivity index (χ0) is 14.6. The van der Waals surface area contributed by atoms with Crippen molar-refractivity contribution in [2.75, 3.05) is 4.90 Å². The molecule has 21 heavy (non-hydrogen) atoms. The number of hydrogen-bond acceptors (Lipinski definition) is 2. The van der Waals surface area contributed by atoms with E-state index in [1.165, 1.54) is 36.9 Å². The molecule has 0 saturated carbocycles. The van der Waals surface area contributed by atoms with E-state index >= 15 is 0 Å². The lowest BCUT2D eigenvalue weighted by atomic mass is 10.1. The average Bonchev–Trinajstić information content (AvgIpc) is 3.01. The maximum absolute atomic E-state index is 4.30. The predicted octanol–water partition coefficient (Wildman–Crippen LogP) is 5.96. The topological polar surface area (TPSA) is 3.24 Å². The van der Waals surface area contributed by atoms with Gasteiger partial charge >= 0.3 is 0 Å². The fourth-order valence-electron chi connectivity index (χ4n) is 2.91. The second kappa shape index (κ2) is 4.72. The van der Waals surface area contributed by atoms with Crippen LogP contribution >= 0.6 is 27.3 Å². The van der Waals surface area contributed by atoms with Crippen molar-refractivity contribution < 1.29 is 0 Å². The van der Waals surface area contributed by atoms with E-state index in [0.29, 0.717) is 0 Å². The summed E-state index contributed by atoms with van der Waals surface area (Å²) < 4.78 is 2.48. The third kappa shape index (κ3) is 2.03. The van der Waals surface area contributed by atoms with Gasteiger partial charge in [0.1, 0.15) is 0 Å². The van der Waals surface area contributed by atoms with Crippen molar-refractivity contribution in [1.82, 2.24) is 0 Å². The largest absolute Gasteiger partial charge is 0.337 e. The van der Waals surface area contributed by atoms with Gasteiger partial charge in [0.05, 0.1) is 0 Å². The van der Waals surface area contributed by atoms with E-state index in [-0.39, 0.29) is 0 Å². The molecular weight excluding hydrogens is 342 g/mol. The molecule has 4 rings (SSSR count). The smallest absolute Gasteiger partial charge is 0.0488 e. The second-order valence-electron chi connectivity index (χ2n) is 5.46. The molecule has 3 aromatic rings.